The van der Waals surface area contributed by atoms with Gasteiger partial charge in [0.2, 0.25) is 0 Å². The molecule has 3 N–H and O–H groups in total. The monoisotopic (exact) mass is 281 g/mol. The van der Waals surface area contributed by atoms with Crippen molar-refractivity contribution in [1.82, 2.24) is 0 Å². The number of carbonyl (C=O) groups is 1. The number of benzene rings is 1. The van der Waals surface area contributed by atoms with Gasteiger partial charge in [-0.15, -0.1) is 0 Å². The van der Waals surface area contributed by atoms with Gasteiger partial charge in [-0.3, -0.25) is 0 Å². The van der Waals surface area contributed by atoms with Gasteiger partial charge in [0.05, 0.1) is 16.9 Å². The van der Waals surface area contributed by atoms with Crippen LogP contribution in [0.5, 0.6) is 0 Å². The quantitative estimate of drug-likeness (QED) is 0.793. The number of hydrogen-bond acceptors (Lipinski definition) is 3. The molecule has 2 unspecified atom stereocenters. The molecule has 2 rings (SSSR count). The molecule has 1 saturated carbocycles. The predicted octanol–water partition coefficient (Wildman–Crippen LogP) is 2.88. The Morgan fingerprint density at radius 3 is 2.95 bits per heavy atom. The van der Waals surface area contributed by atoms with E-state index in [1.54, 1.807) is 0 Å². The Hall–Kier alpha value is -1.62. The van der Waals surface area contributed by atoms with Crippen molar-refractivity contribution in [3.63, 3.8) is 0 Å². The highest BCUT2D eigenvalue weighted by Gasteiger charge is 2.32. The van der Waals surface area contributed by atoms with E-state index in [0.29, 0.717) is 18.8 Å². The van der Waals surface area contributed by atoms with Crippen LogP contribution in [0, 0.1) is 11.7 Å². The summed E-state index contributed by atoms with van der Waals surface area (Å²) < 4.78 is 13.8. The highest BCUT2D eigenvalue weighted by atomic mass is 19.1. The molecule has 0 heterocycles. The fraction of sp³-hybridized carbons (Fsp3) is 0.533. The number of aromatic carboxylic acids is 1. The zero-order valence-corrected chi connectivity index (χ0v) is 11.5. The minimum absolute atomic E-state index is 0.0494. The maximum Gasteiger partial charge on any atom is 0.337 e. The van der Waals surface area contributed by atoms with Gasteiger partial charge in [-0.25, -0.2) is 9.18 Å². The Labute approximate surface area is 117 Å². The van der Waals surface area contributed by atoms with E-state index in [4.69, 9.17) is 5.11 Å². The van der Waals surface area contributed by atoms with Crippen LogP contribution in [0.4, 0.5) is 10.1 Å². The van der Waals surface area contributed by atoms with Crippen LogP contribution in [-0.4, -0.2) is 28.3 Å². The molecule has 0 aromatic heterocycles. The van der Waals surface area contributed by atoms with Crippen molar-refractivity contribution in [3.8, 4) is 0 Å². The molecule has 20 heavy (non-hydrogen) atoms. The van der Waals surface area contributed by atoms with E-state index in [-0.39, 0.29) is 17.8 Å². The number of aliphatic hydroxyl groups is 1. The number of rotatable bonds is 4. The van der Waals surface area contributed by atoms with Gasteiger partial charge in [0, 0.05) is 6.54 Å². The topological polar surface area (TPSA) is 69.6 Å². The van der Waals surface area contributed by atoms with Crippen LogP contribution < -0.4 is 5.32 Å². The average molecular weight is 281 g/mol. The fourth-order valence-corrected chi connectivity index (χ4v) is 2.93. The minimum Gasteiger partial charge on any atom is -0.478 e. The molecule has 1 aromatic rings. The van der Waals surface area contributed by atoms with E-state index < -0.39 is 17.4 Å². The molecule has 0 saturated heterocycles. The maximum atomic E-state index is 13.8. The normalized spacial score (nSPS) is 26.2. The standard InChI is InChI=1S/C15H20FNO3/c1-10-4-3-7-15(20,8-10)9-17-13-11(14(18)19)5-2-6-12(13)16/h2,5-6,10,17,20H,3-4,7-9H2,1H3,(H,18,19). The van der Waals surface area contributed by atoms with Crippen molar-refractivity contribution < 1.29 is 19.4 Å². The van der Waals surface area contributed by atoms with E-state index in [1.165, 1.54) is 18.2 Å². The van der Waals surface area contributed by atoms with Gasteiger partial charge in [0.1, 0.15) is 5.82 Å². The molecule has 2 atom stereocenters. The summed E-state index contributed by atoms with van der Waals surface area (Å²) in [6.07, 6.45) is 3.32. The van der Waals surface area contributed by atoms with Crippen molar-refractivity contribution in [2.24, 2.45) is 5.92 Å². The number of carboxylic acids is 1. The van der Waals surface area contributed by atoms with Crippen LogP contribution in [-0.2, 0) is 0 Å². The van der Waals surface area contributed by atoms with E-state index in [0.717, 1.165) is 12.8 Å². The summed E-state index contributed by atoms with van der Waals surface area (Å²) in [4.78, 5) is 11.1. The number of hydrogen-bond donors (Lipinski definition) is 3. The van der Waals surface area contributed by atoms with Crippen molar-refractivity contribution in [1.29, 1.82) is 0 Å². The van der Waals surface area contributed by atoms with Gasteiger partial charge in [0.15, 0.2) is 0 Å². The van der Waals surface area contributed by atoms with E-state index in [1.807, 2.05) is 0 Å². The number of para-hydroxylation sites is 1. The lowest BCUT2D eigenvalue weighted by Gasteiger charge is -2.36. The summed E-state index contributed by atoms with van der Waals surface area (Å²) in [5.41, 5.74) is -1.06. The molecule has 1 aliphatic carbocycles. The Morgan fingerprint density at radius 1 is 1.55 bits per heavy atom. The van der Waals surface area contributed by atoms with E-state index >= 15 is 0 Å². The number of halogens is 1. The molecule has 5 heteroatoms. The van der Waals surface area contributed by atoms with Crippen LogP contribution in [0.1, 0.15) is 43.0 Å². The SMILES string of the molecule is CC1CCCC(O)(CNc2c(F)cccc2C(=O)O)C1. The third-order valence-corrected chi connectivity index (χ3v) is 3.91. The van der Waals surface area contributed by atoms with E-state index in [2.05, 4.69) is 12.2 Å². The van der Waals surface area contributed by atoms with Crippen molar-refractivity contribution in [3.05, 3.63) is 29.6 Å². The fourth-order valence-electron chi connectivity index (χ4n) is 2.93. The summed E-state index contributed by atoms with van der Waals surface area (Å²) >= 11 is 0. The molecular weight excluding hydrogens is 261 g/mol. The van der Waals surface area contributed by atoms with E-state index in [9.17, 15) is 14.3 Å². The van der Waals surface area contributed by atoms with Crippen molar-refractivity contribution >= 4 is 11.7 Å². The summed E-state index contributed by atoms with van der Waals surface area (Å²) in [5, 5.41) is 22.3. The van der Waals surface area contributed by atoms with Gasteiger partial charge >= 0.3 is 5.97 Å². The molecule has 0 aliphatic heterocycles. The van der Waals surface area contributed by atoms with Crippen molar-refractivity contribution in [2.75, 3.05) is 11.9 Å². The molecule has 1 fully saturated rings. The lowest BCUT2D eigenvalue weighted by atomic mass is 9.79. The zero-order chi connectivity index (χ0) is 14.8. The summed E-state index contributed by atoms with van der Waals surface area (Å²) in [5.74, 6) is -1.37. The van der Waals surface area contributed by atoms with Gasteiger partial charge in [0.25, 0.3) is 0 Å². The molecule has 110 valence electrons. The zero-order valence-electron chi connectivity index (χ0n) is 11.5. The Balaban J connectivity index is 2.12. The molecule has 0 amide bonds. The van der Waals surface area contributed by atoms with Crippen LogP contribution in [0.3, 0.4) is 0 Å². The first-order valence-electron chi connectivity index (χ1n) is 6.89. The first-order chi connectivity index (χ1) is 9.41. The molecule has 0 spiro atoms. The first-order valence-corrected chi connectivity index (χ1v) is 6.89. The highest BCUT2D eigenvalue weighted by Crippen LogP contribution is 2.33. The molecule has 0 bridgehead atoms. The van der Waals surface area contributed by atoms with Crippen molar-refractivity contribution in [2.45, 2.75) is 38.2 Å². The molecule has 4 nitrogen and oxygen atoms in total. The van der Waals surface area contributed by atoms with Gasteiger partial charge in [-0.2, -0.15) is 0 Å². The predicted molar refractivity (Wildman–Crippen MR) is 74.4 cm³/mol. The van der Waals surface area contributed by atoms with Gasteiger partial charge < -0.3 is 15.5 Å². The summed E-state index contributed by atoms with van der Waals surface area (Å²) in [7, 11) is 0. The first kappa shape index (κ1) is 14.8. The lowest BCUT2D eigenvalue weighted by molar-refractivity contribution is -0.000851. The summed E-state index contributed by atoms with van der Waals surface area (Å²) in [6.45, 7) is 2.24. The van der Waals surface area contributed by atoms with Crippen LogP contribution in [0.2, 0.25) is 0 Å². The van der Waals surface area contributed by atoms with Crippen LogP contribution in [0.25, 0.3) is 0 Å². The molecule has 1 aromatic carbocycles. The Kier molecular flexibility index (Phi) is 4.28. The lowest BCUT2D eigenvalue weighted by Crippen LogP contribution is -2.41. The Morgan fingerprint density at radius 2 is 2.30 bits per heavy atom. The minimum atomic E-state index is -1.18. The third kappa shape index (κ3) is 3.28. The second kappa shape index (κ2) is 5.79. The summed E-state index contributed by atoms with van der Waals surface area (Å²) in [6, 6.07) is 3.92. The molecule has 0 radical (unpaired) electrons. The van der Waals surface area contributed by atoms with Crippen LogP contribution in [0.15, 0.2) is 18.2 Å². The highest BCUT2D eigenvalue weighted by molar-refractivity contribution is 5.94. The smallest absolute Gasteiger partial charge is 0.337 e. The van der Waals surface area contributed by atoms with Crippen LogP contribution >= 0.6 is 0 Å². The number of anilines is 1. The molecule has 1 aliphatic rings. The third-order valence-electron chi connectivity index (χ3n) is 3.91. The Bertz CT molecular complexity index is 506. The second-order valence-electron chi connectivity index (χ2n) is 5.75. The largest absolute Gasteiger partial charge is 0.478 e. The number of carboxylic acid groups (broad SMARTS) is 1. The molecular formula is C15H20FNO3. The number of nitrogens with one attached hydrogen (secondary N) is 1. The average Bonchev–Trinajstić information content (AvgIpc) is 2.36. The maximum absolute atomic E-state index is 13.8. The second-order valence-corrected chi connectivity index (χ2v) is 5.75. The van der Waals surface area contributed by atoms with Gasteiger partial charge in [-0.05, 0) is 30.9 Å². The van der Waals surface area contributed by atoms with Gasteiger partial charge in [-0.1, -0.05) is 25.8 Å².